The van der Waals surface area contributed by atoms with Crippen molar-refractivity contribution in [2.24, 2.45) is 5.92 Å². The number of carbonyl (C=O) groups excluding carboxylic acids is 1. The summed E-state index contributed by atoms with van der Waals surface area (Å²) in [5.41, 5.74) is 0.622. The first-order valence-electron chi connectivity index (χ1n) is 9.67. The molecular weight excluding hydrogens is 463 g/mol. The zero-order valence-corrected chi connectivity index (χ0v) is 19.2. The van der Waals surface area contributed by atoms with Gasteiger partial charge in [-0.3, -0.25) is 9.36 Å². The Kier molecular flexibility index (Phi) is 6.80. The van der Waals surface area contributed by atoms with E-state index in [4.69, 9.17) is 0 Å². The lowest BCUT2D eigenvalue weighted by atomic mass is 10.1. The van der Waals surface area contributed by atoms with Crippen LogP contribution in [0.3, 0.4) is 0 Å². The van der Waals surface area contributed by atoms with Gasteiger partial charge in [-0.05, 0) is 35.7 Å². The molecule has 0 saturated heterocycles. The van der Waals surface area contributed by atoms with Gasteiger partial charge < -0.3 is 5.32 Å². The summed E-state index contributed by atoms with van der Waals surface area (Å²) in [5.74, 6) is -0.146. The van der Waals surface area contributed by atoms with E-state index in [0.29, 0.717) is 17.2 Å². The molecule has 3 rings (SSSR count). The predicted octanol–water partition coefficient (Wildman–Crippen LogP) is 4.49. The summed E-state index contributed by atoms with van der Waals surface area (Å²) in [4.78, 5) is 17.5. The van der Waals surface area contributed by atoms with E-state index in [0.717, 1.165) is 16.7 Å². The van der Waals surface area contributed by atoms with Crippen molar-refractivity contribution in [2.45, 2.75) is 31.3 Å². The number of rotatable bonds is 7. The molecular formula is C21H22F3N3O3S2. The topological polar surface area (TPSA) is 81.1 Å². The number of nitrogens with one attached hydrogen (secondary N) is 1. The number of halogens is 3. The Hall–Kier alpha value is -2.66. The SMILES string of the molecule is CC(C)Cc1nc(C(=O)NCC(F)(F)F)cn1-c1ccc(-c2cccc(S(C)(=O)=O)c2)s1. The fraction of sp³-hybridized carbons (Fsp3) is 0.333. The zero-order valence-electron chi connectivity index (χ0n) is 17.6. The molecule has 1 N–H and O–H groups in total. The average Bonchev–Trinajstić information content (AvgIpc) is 3.32. The largest absolute Gasteiger partial charge is 0.405 e. The molecule has 1 aromatic carbocycles. The fourth-order valence-electron chi connectivity index (χ4n) is 2.99. The van der Waals surface area contributed by atoms with Gasteiger partial charge in [0.2, 0.25) is 0 Å². The molecule has 0 fully saturated rings. The molecule has 0 aliphatic carbocycles. The Bertz CT molecular complexity index is 1230. The third kappa shape index (κ3) is 5.98. The first kappa shape index (κ1) is 24.0. The van der Waals surface area contributed by atoms with E-state index in [-0.39, 0.29) is 16.5 Å². The van der Waals surface area contributed by atoms with Crippen molar-refractivity contribution in [2.75, 3.05) is 12.8 Å². The molecule has 0 aliphatic heterocycles. The minimum Gasteiger partial charge on any atom is -0.342 e. The van der Waals surface area contributed by atoms with Crippen molar-refractivity contribution < 1.29 is 26.4 Å². The number of benzene rings is 1. The molecule has 6 nitrogen and oxygen atoms in total. The molecule has 0 aliphatic rings. The van der Waals surface area contributed by atoms with Gasteiger partial charge in [-0.1, -0.05) is 26.0 Å². The summed E-state index contributed by atoms with van der Waals surface area (Å²) in [7, 11) is -3.36. The number of carbonyl (C=O) groups is 1. The van der Waals surface area contributed by atoms with Crippen LogP contribution in [0.1, 0.15) is 30.2 Å². The third-order valence-electron chi connectivity index (χ3n) is 4.43. The number of hydrogen-bond acceptors (Lipinski definition) is 5. The van der Waals surface area contributed by atoms with Crippen molar-refractivity contribution in [3.63, 3.8) is 0 Å². The highest BCUT2D eigenvalue weighted by atomic mass is 32.2. The van der Waals surface area contributed by atoms with Gasteiger partial charge in [-0.15, -0.1) is 11.3 Å². The van der Waals surface area contributed by atoms with E-state index in [1.165, 1.54) is 23.6 Å². The van der Waals surface area contributed by atoms with E-state index in [1.54, 1.807) is 28.8 Å². The van der Waals surface area contributed by atoms with E-state index in [1.807, 2.05) is 25.2 Å². The number of nitrogens with zero attached hydrogens (tertiary/aromatic N) is 2. The molecule has 0 saturated carbocycles. The Labute approximate surface area is 188 Å². The molecule has 2 aromatic heterocycles. The molecule has 32 heavy (non-hydrogen) atoms. The second kappa shape index (κ2) is 9.07. The van der Waals surface area contributed by atoms with Crippen molar-refractivity contribution in [1.29, 1.82) is 0 Å². The maximum absolute atomic E-state index is 12.4. The van der Waals surface area contributed by atoms with Gasteiger partial charge in [0.05, 0.1) is 4.90 Å². The number of aromatic nitrogens is 2. The van der Waals surface area contributed by atoms with E-state index in [9.17, 15) is 26.4 Å². The van der Waals surface area contributed by atoms with Crippen LogP contribution in [0.2, 0.25) is 0 Å². The lowest BCUT2D eigenvalue weighted by Gasteiger charge is -2.07. The quantitative estimate of drug-likeness (QED) is 0.535. The molecule has 11 heteroatoms. The molecule has 0 bridgehead atoms. The van der Waals surface area contributed by atoms with Gasteiger partial charge in [-0.2, -0.15) is 13.2 Å². The summed E-state index contributed by atoms with van der Waals surface area (Å²) in [6, 6.07) is 10.2. The van der Waals surface area contributed by atoms with E-state index >= 15 is 0 Å². The van der Waals surface area contributed by atoms with Crippen LogP contribution in [0.15, 0.2) is 47.5 Å². The molecule has 3 aromatic rings. The summed E-state index contributed by atoms with van der Waals surface area (Å²) < 4.78 is 62.7. The van der Waals surface area contributed by atoms with E-state index < -0.39 is 28.5 Å². The smallest absolute Gasteiger partial charge is 0.342 e. The van der Waals surface area contributed by atoms with Gasteiger partial charge in [0.25, 0.3) is 5.91 Å². The standard InChI is InChI=1S/C21H22F3N3O3S2/c1-13(2)9-18-26-16(20(28)25-12-21(22,23)24)11-27(18)19-8-7-17(31-19)14-5-4-6-15(10-14)32(3,29)30/h4-8,10-11,13H,9,12H2,1-3H3,(H,25,28). The Balaban J connectivity index is 1.95. The first-order chi connectivity index (χ1) is 14.8. The maximum Gasteiger partial charge on any atom is 0.405 e. The second-order valence-corrected chi connectivity index (χ2v) is 10.8. The van der Waals surface area contributed by atoms with Crippen LogP contribution in [0.5, 0.6) is 0 Å². The lowest BCUT2D eigenvalue weighted by Crippen LogP contribution is -2.33. The van der Waals surface area contributed by atoms with Gasteiger partial charge in [0, 0.05) is 23.8 Å². The van der Waals surface area contributed by atoms with Crippen LogP contribution < -0.4 is 5.32 Å². The fourth-order valence-corrected chi connectivity index (χ4v) is 4.66. The van der Waals surface area contributed by atoms with Gasteiger partial charge >= 0.3 is 6.18 Å². The molecule has 2 heterocycles. The van der Waals surface area contributed by atoms with Crippen LogP contribution in [0.25, 0.3) is 15.4 Å². The van der Waals surface area contributed by atoms with Crippen molar-refractivity contribution in [1.82, 2.24) is 14.9 Å². The first-order valence-corrected chi connectivity index (χ1v) is 12.4. The summed E-state index contributed by atoms with van der Waals surface area (Å²) in [5, 5.41) is 2.55. The van der Waals surface area contributed by atoms with Gasteiger partial charge in [0.1, 0.15) is 23.1 Å². The number of sulfone groups is 1. The third-order valence-corrected chi connectivity index (χ3v) is 6.67. The molecule has 172 valence electrons. The minimum absolute atomic E-state index is 0.0982. The minimum atomic E-state index is -4.51. The van der Waals surface area contributed by atoms with Crippen LogP contribution in [-0.4, -0.2) is 42.9 Å². The number of amides is 1. The number of alkyl halides is 3. The van der Waals surface area contributed by atoms with Crippen molar-refractivity contribution in [3.05, 3.63) is 54.1 Å². The number of hydrogen-bond donors (Lipinski definition) is 1. The summed E-state index contributed by atoms with van der Waals surface area (Å²) >= 11 is 1.36. The monoisotopic (exact) mass is 485 g/mol. The molecule has 0 radical (unpaired) electrons. The highest BCUT2D eigenvalue weighted by Gasteiger charge is 2.28. The molecule has 0 spiro atoms. The number of imidazole rings is 1. The summed E-state index contributed by atoms with van der Waals surface area (Å²) in [6.45, 7) is 2.51. The Morgan fingerprint density at radius 1 is 1.22 bits per heavy atom. The van der Waals surface area contributed by atoms with Crippen LogP contribution in [-0.2, 0) is 16.3 Å². The second-order valence-electron chi connectivity index (χ2n) is 7.75. The summed E-state index contributed by atoms with van der Waals surface area (Å²) in [6.07, 6.45) is -1.43. The lowest BCUT2D eigenvalue weighted by molar-refractivity contribution is -0.123. The Morgan fingerprint density at radius 3 is 2.56 bits per heavy atom. The predicted molar refractivity (Wildman–Crippen MR) is 117 cm³/mol. The van der Waals surface area contributed by atoms with E-state index in [2.05, 4.69) is 4.98 Å². The van der Waals surface area contributed by atoms with Gasteiger partial charge in [0.15, 0.2) is 9.84 Å². The van der Waals surface area contributed by atoms with Crippen LogP contribution >= 0.6 is 11.3 Å². The number of thiophene rings is 1. The zero-order chi connectivity index (χ0) is 23.7. The average molecular weight is 486 g/mol. The van der Waals surface area contributed by atoms with Gasteiger partial charge in [-0.25, -0.2) is 13.4 Å². The maximum atomic E-state index is 12.4. The highest BCUT2D eigenvalue weighted by molar-refractivity contribution is 7.90. The highest BCUT2D eigenvalue weighted by Crippen LogP contribution is 2.32. The van der Waals surface area contributed by atoms with Crippen molar-refractivity contribution >= 4 is 27.1 Å². The Morgan fingerprint density at radius 2 is 1.94 bits per heavy atom. The van der Waals surface area contributed by atoms with Crippen LogP contribution in [0, 0.1) is 5.92 Å². The molecule has 0 atom stereocenters. The normalized spacial score (nSPS) is 12.3. The molecule has 0 unspecified atom stereocenters. The van der Waals surface area contributed by atoms with Crippen LogP contribution in [0.4, 0.5) is 13.2 Å². The molecule has 1 amide bonds. The van der Waals surface area contributed by atoms with Crippen molar-refractivity contribution in [3.8, 4) is 15.4 Å².